The molecule has 0 bridgehead atoms. The Morgan fingerprint density at radius 3 is 3.09 bits per heavy atom. The van der Waals surface area contributed by atoms with E-state index in [1.54, 1.807) is 5.57 Å². The molecule has 2 aliphatic carbocycles. The number of ether oxygens (including phenoxy) is 1. The van der Waals surface area contributed by atoms with Gasteiger partial charge in [0.15, 0.2) is 0 Å². The van der Waals surface area contributed by atoms with Gasteiger partial charge < -0.3 is 15.2 Å². The van der Waals surface area contributed by atoms with Crippen molar-refractivity contribution in [2.45, 2.75) is 52.1 Å². The van der Waals surface area contributed by atoms with Crippen molar-refractivity contribution in [1.29, 1.82) is 0 Å². The monoisotopic (exact) mass is 308 g/mol. The Balaban J connectivity index is 1.74. The van der Waals surface area contributed by atoms with Gasteiger partial charge in [0.2, 0.25) is 0 Å². The molecule has 1 saturated carbocycles. The highest BCUT2D eigenvalue weighted by Crippen LogP contribution is 2.53. The predicted octanol–water partition coefficient (Wildman–Crippen LogP) is 1.25. The Hall–Kier alpha value is -0.870. The Labute approximate surface area is 133 Å². The van der Waals surface area contributed by atoms with Gasteiger partial charge in [-0.1, -0.05) is 31.9 Å². The summed E-state index contributed by atoms with van der Waals surface area (Å²) < 4.78 is 5.73. The van der Waals surface area contributed by atoms with Gasteiger partial charge >= 0.3 is 5.97 Å². The van der Waals surface area contributed by atoms with Crippen LogP contribution in [0.1, 0.15) is 46.0 Å². The lowest BCUT2D eigenvalue weighted by atomic mass is 9.59. The average molecular weight is 308 g/mol. The molecule has 0 spiro atoms. The molecule has 0 aromatic carbocycles. The third-order valence-corrected chi connectivity index (χ3v) is 6.07. The Morgan fingerprint density at radius 2 is 2.32 bits per heavy atom. The van der Waals surface area contributed by atoms with Crippen molar-refractivity contribution in [2.24, 2.45) is 23.2 Å². The van der Waals surface area contributed by atoms with Gasteiger partial charge in [0.1, 0.15) is 12.0 Å². The Bertz CT molecular complexity index is 461. The quantitative estimate of drug-likeness (QED) is 0.456. The maximum absolute atomic E-state index is 12.3. The van der Waals surface area contributed by atoms with Crippen LogP contribution in [-0.2, 0) is 9.53 Å². The molecule has 5 atom stereocenters. The van der Waals surface area contributed by atoms with E-state index < -0.39 is 0 Å². The van der Waals surface area contributed by atoms with Crippen LogP contribution in [-0.4, -0.2) is 36.9 Å². The second-order valence-electron chi connectivity index (χ2n) is 7.73. The topological polar surface area (TPSA) is 63.1 Å². The molecule has 0 amide bonds. The van der Waals surface area contributed by atoms with E-state index in [-0.39, 0.29) is 35.9 Å². The number of hydrogen-bond donors (Lipinski definition) is 2. The van der Waals surface area contributed by atoms with Gasteiger partial charge in [0.25, 0.3) is 0 Å². The first-order valence-corrected chi connectivity index (χ1v) is 8.90. The summed E-state index contributed by atoms with van der Waals surface area (Å²) in [5.41, 5.74) is 1.83. The smallest absolute Gasteiger partial charge is 0.315 e. The summed E-state index contributed by atoms with van der Waals surface area (Å²) in [6.07, 6.45) is 8.09. The average Bonchev–Trinajstić information content (AvgIpc) is 2.76. The van der Waals surface area contributed by atoms with Crippen LogP contribution in [0.25, 0.3) is 0 Å². The maximum Gasteiger partial charge on any atom is 0.315 e. The number of aliphatic hydroxyl groups excluding tert-OH is 1. The molecule has 3 rings (SSSR count). The van der Waals surface area contributed by atoms with Crippen LogP contribution < -0.4 is 5.32 Å². The first-order chi connectivity index (χ1) is 10.5. The van der Waals surface area contributed by atoms with Crippen molar-refractivity contribution in [3.8, 4) is 0 Å². The summed E-state index contributed by atoms with van der Waals surface area (Å²) in [7, 11) is 0. The summed E-state index contributed by atoms with van der Waals surface area (Å²) >= 11 is 0. The number of fused-ring (bicyclic) bond motifs is 2. The van der Waals surface area contributed by atoms with E-state index in [2.05, 4.69) is 25.2 Å². The van der Waals surface area contributed by atoms with E-state index in [0.29, 0.717) is 5.92 Å². The zero-order valence-electron chi connectivity index (χ0n) is 13.9. The van der Waals surface area contributed by atoms with Gasteiger partial charge in [-0.05, 0) is 30.6 Å². The molecule has 0 unspecified atom stereocenters. The molecule has 124 valence electrons. The van der Waals surface area contributed by atoms with E-state index in [1.165, 1.54) is 19.3 Å². The number of nitrogens with two attached hydrogens (primary N) is 1. The SMILES string of the molecule is C[C@@H]1CCC[C@]2(C)C[C@H]3OC(=O)[C@@H](C[NH2+]CCCO)[C@H]3C=C12. The third kappa shape index (κ3) is 2.83. The number of quaternary nitrogens is 1. The minimum atomic E-state index is -0.0120. The molecule has 1 saturated heterocycles. The summed E-state index contributed by atoms with van der Waals surface area (Å²) in [5.74, 6) is 0.896. The molecule has 1 aliphatic heterocycles. The van der Waals surface area contributed by atoms with E-state index in [0.717, 1.165) is 25.9 Å². The van der Waals surface area contributed by atoms with Gasteiger partial charge in [-0.15, -0.1) is 0 Å². The summed E-state index contributed by atoms with van der Waals surface area (Å²) in [6, 6.07) is 0. The maximum atomic E-state index is 12.3. The van der Waals surface area contributed by atoms with Gasteiger partial charge in [-0.3, -0.25) is 4.79 Å². The standard InChI is InChI=1S/C18H29NO3/c1-12-5-3-6-18(2)10-16-13(9-15(12)18)14(17(21)22-16)11-19-7-4-8-20/h9,12-14,16,19-20H,3-8,10-11H2,1-2H3/p+1/t12-,13-,14+,16-,18-/m1/s1. The molecule has 4 nitrogen and oxygen atoms in total. The fraction of sp³-hybridized carbons (Fsp3) is 0.833. The Morgan fingerprint density at radius 1 is 1.50 bits per heavy atom. The van der Waals surface area contributed by atoms with E-state index in [1.807, 2.05) is 0 Å². The molecule has 3 aliphatic rings. The number of esters is 1. The highest BCUT2D eigenvalue weighted by atomic mass is 16.6. The summed E-state index contributed by atoms with van der Waals surface area (Å²) in [6.45, 7) is 6.58. The minimum Gasteiger partial charge on any atom is -0.461 e. The number of allylic oxidation sites excluding steroid dienone is 1. The molecule has 22 heavy (non-hydrogen) atoms. The van der Waals surface area contributed by atoms with Gasteiger partial charge in [-0.25, -0.2) is 0 Å². The molecule has 0 aromatic rings. The largest absolute Gasteiger partial charge is 0.461 e. The van der Waals surface area contributed by atoms with Crippen LogP contribution >= 0.6 is 0 Å². The Kier molecular flexibility index (Phi) is 4.60. The summed E-state index contributed by atoms with van der Waals surface area (Å²) in [4.78, 5) is 12.3. The van der Waals surface area contributed by atoms with Crippen molar-refractivity contribution in [3.63, 3.8) is 0 Å². The van der Waals surface area contributed by atoms with Crippen molar-refractivity contribution in [2.75, 3.05) is 19.7 Å². The highest BCUT2D eigenvalue weighted by molar-refractivity contribution is 5.76. The number of carbonyl (C=O) groups is 1. The second-order valence-corrected chi connectivity index (χ2v) is 7.73. The second kappa shape index (κ2) is 6.32. The fourth-order valence-electron chi connectivity index (χ4n) is 4.85. The zero-order chi connectivity index (χ0) is 15.7. The molecule has 2 fully saturated rings. The lowest BCUT2D eigenvalue weighted by Gasteiger charge is -2.45. The number of carbonyl (C=O) groups excluding carboxylic acids is 1. The first kappa shape index (κ1) is 16.0. The van der Waals surface area contributed by atoms with Crippen LogP contribution in [0.15, 0.2) is 11.6 Å². The van der Waals surface area contributed by atoms with Crippen LogP contribution in [0.2, 0.25) is 0 Å². The lowest BCUT2D eigenvalue weighted by molar-refractivity contribution is -0.659. The van der Waals surface area contributed by atoms with Crippen LogP contribution in [0.5, 0.6) is 0 Å². The van der Waals surface area contributed by atoms with Crippen LogP contribution in [0.4, 0.5) is 0 Å². The van der Waals surface area contributed by atoms with Crippen molar-refractivity contribution < 1.29 is 20.0 Å². The molecule has 0 aromatic heterocycles. The van der Waals surface area contributed by atoms with Crippen LogP contribution in [0, 0.1) is 23.2 Å². The molecule has 1 heterocycles. The van der Waals surface area contributed by atoms with Gasteiger partial charge in [-0.2, -0.15) is 0 Å². The number of aliphatic hydroxyl groups is 1. The third-order valence-electron chi connectivity index (χ3n) is 6.07. The lowest BCUT2D eigenvalue weighted by Crippen LogP contribution is -2.86. The van der Waals surface area contributed by atoms with E-state index >= 15 is 0 Å². The van der Waals surface area contributed by atoms with Crippen molar-refractivity contribution in [3.05, 3.63) is 11.6 Å². The van der Waals surface area contributed by atoms with Crippen molar-refractivity contribution in [1.82, 2.24) is 0 Å². The first-order valence-electron chi connectivity index (χ1n) is 8.90. The summed E-state index contributed by atoms with van der Waals surface area (Å²) in [5, 5.41) is 11.0. The number of hydrogen-bond acceptors (Lipinski definition) is 3. The number of rotatable bonds is 5. The van der Waals surface area contributed by atoms with Crippen LogP contribution in [0.3, 0.4) is 0 Å². The fourth-order valence-corrected chi connectivity index (χ4v) is 4.85. The molecule has 0 radical (unpaired) electrons. The van der Waals surface area contributed by atoms with Gasteiger partial charge in [0, 0.05) is 18.9 Å². The zero-order valence-corrected chi connectivity index (χ0v) is 13.9. The normalized spacial score (nSPS) is 40.7. The molecule has 3 N–H and O–H groups in total. The predicted molar refractivity (Wildman–Crippen MR) is 84.0 cm³/mol. The highest BCUT2D eigenvalue weighted by Gasteiger charge is 2.52. The molecule has 4 heteroatoms. The molecular weight excluding hydrogens is 278 g/mol. The molecular formula is C18H30NO3+. The van der Waals surface area contributed by atoms with E-state index in [4.69, 9.17) is 9.84 Å². The van der Waals surface area contributed by atoms with E-state index in [9.17, 15) is 4.79 Å². The minimum absolute atomic E-state index is 0.00475. The van der Waals surface area contributed by atoms with Crippen molar-refractivity contribution >= 4 is 5.97 Å². The van der Waals surface area contributed by atoms with Gasteiger partial charge in [0.05, 0.1) is 13.1 Å².